The molecule has 0 saturated carbocycles. The van der Waals surface area contributed by atoms with Gasteiger partial charge in [-0.2, -0.15) is 0 Å². The summed E-state index contributed by atoms with van der Waals surface area (Å²) in [7, 11) is -3.40. The summed E-state index contributed by atoms with van der Waals surface area (Å²) < 4.78 is 27.9. The van der Waals surface area contributed by atoms with Gasteiger partial charge < -0.3 is 4.90 Å². The van der Waals surface area contributed by atoms with Crippen LogP contribution in [0, 0.1) is 0 Å². The summed E-state index contributed by atoms with van der Waals surface area (Å²) in [6.07, 6.45) is 4.03. The van der Waals surface area contributed by atoms with Crippen molar-refractivity contribution in [2.75, 3.05) is 39.3 Å². The highest BCUT2D eigenvalue weighted by Crippen LogP contribution is 2.24. The molecule has 29 heavy (non-hydrogen) atoms. The quantitative estimate of drug-likeness (QED) is 0.676. The summed E-state index contributed by atoms with van der Waals surface area (Å²) in [5.74, 6) is 0. The fourth-order valence-electron chi connectivity index (χ4n) is 4.32. The summed E-state index contributed by atoms with van der Waals surface area (Å²) >= 11 is 0. The Labute approximate surface area is 174 Å². The van der Waals surface area contributed by atoms with E-state index in [-0.39, 0.29) is 0 Å². The van der Waals surface area contributed by atoms with Crippen molar-refractivity contribution >= 4 is 10.0 Å². The van der Waals surface area contributed by atoms with Crippen LogP contribution in [0.5, 0.6) is 0 Å². The predicted octanol–water partition coefficient (Wildman–Crippen LogP) is 2.66. The summed E-state index contributed by atoms with van der Waals surface area (Å²) in [6, 6.07) is 16.2. The molecular formula is C23H31N3O2S. The first-order valence-corrected chi connectivity index (χ1v) is 12.2. The lowest BCUT2D eigenvalue weighted by Gasteiger charge is -2.34. The normalized spacial score (nSPS) is 18.1. The second-order valence-electron chi connectivity index (χ2n) is 8.14. The van der Waals surface area contributed by atoms with E-state index in [0.717, 1.165) is 65.0 Å². The van der Waals surface area contributed by atoms with Gasteiger partial charge in [0.2, 0.25) is 10.0 Å². The topological polar surface area (TPSA) is 52.7 Å². The molecular weight excluding hydrogens is 382 g/mol. The molecule has 1 aliphatic carbocycles. The summed E-state index contributed by atoms with van der Waals surface area (Å²) in [5, 5.41) is 0. The molecule has 0 unspecified atom stereocenters. The molecule has 156 valence electrons. The highest BCUT2D eigenvalue weighted by Gasteiger charge is 2.19. The van der Waals surface area contributed by atoms with E-state index in [1.54, 1.807) is 6.07 Å². The number of sulfonamides is 1. The van der Waals surface area contributed by atoms with E-state index in [4.69, 9.17) is 0 Å². The van der Waals surface area contributed by atoms with Crippen LogP contribution < -0.4 is 4.72 Å². The van der Waals surface area contributed by atoms with E-state index in [9.17, 15) is 8.42 Å². The van der Waals surface area contributed by atoms with Crippen molar-refractivity contribution in [1.82, 2.24) is 14.5 Å². The Morgan fingerprint density at radius 3 is 2.38 bits per heavy atom. The maximum atomic E-state index is 12.6. The molecule has 0 radical (unpaired) electrons. The lowest BCUT2D eigenvalue weighted by molar-refractivity contribution is 0.126. The number of hydrogen-bond donors (Lipinski definition) is 1. The van der Waals surface area contributed by atoms with Crippen LogP contribution in [0.2, 0.25) is 0 Å². The van der Waals surface area contributed by atoms with Gasteiger partial charge in [-0.1, -0.05) is 36.4 Å². The molecule has 1 heterocycles. The van der Waals surface area contributed by atoms with Gasteiger partial charge in [-0.3, -0.25) is 4.90 Å². The van der Waals surface area contributed by atoms with E-state index in [1.807, 2.05) is 12.1 Å². The van der Waals surface area contributed by atoms with E-state index in [1.165, 1.54) is 16.7 Å². The predicted molar refractivity (Wildman–Crippen MR) is 116 cm³/mol. The van der Waals surface area contributed by atoms with Crippen LogP contribution in [-0.4, -0.2) is 57.5 Å². The first-order chi connectivity index (χ1) is 14.1. The summed E-state index contributed by atoms with van der Waals surface area (Å²) in [6.45, 7) is 6.66. The van der Waals surface area contributed by atoms with Gasteiger partial charge in [0.05, 0.1) is 4.90 Å². The van der Waals surface area contributed by atoms with Crippen molar-refractivity contribution in [2.45, 2.75) is 37.1 Å². The second-order valence-corrected chi connectivity index (χ2v) is 9.91. The van der Waals surface area contributed by atoms with Gasteiger partial charge in [0.25, 0.3) is 0 Å². The maximum Gasteiger partial charge on any atom is 0.240 e. The minimum Gasteiger partial charge on any atom is -0.301 e. The monoisotopic (exact) mass is 413 g/mol. The summed E-state index contributed by atoms with van der Waals surface area (Å²) in [4.78, 5) is 5.33. The van der Waals surface area contributed by atoms with Crippen molar-refractivity contribution in [2.24, 2.45) is 0 Å². The van der Waals surface area contributed by atoms with Crippen LogP contribution in [-0.2, 0) is 29.4 Å². The highest BCUT2D eigenvalue weighted by atomic mass is 32.2. The maximum absolute atomic E-state index is 12.6. The molecule has 6 heteroatoms. The van der Waals surface area contributed by atoms with Crippen molar-refractivity contribution in [1.29, 1.82) is 0 Å². The Morgan fingerprint density at radius 2 is 1.59 bits per heavy atom. The molecule has 2 aromatic carbocycles. The Bertz CT molecular complexity index is 907. The minimum atomic E-state index is -3.40. The lowest BCUT2D eigenvalue weighted by Crippen LogP contribution is -2.46. The van der Waals surface area contributed by atoms with Crippen LogP contribution in [0.15, 0.2) is 53.4 Å². The highest BCUT2D eigenvalue weighted by molar-refractivity contribution is 7.89. The van der Waals surface area contributed by atoms with Gasteiger partial charge >= 0.3 is 0 Å². The van der Waals surface area contributed by atoms with E-state index in [2.05, 4.69) is 44.9 Å². The van der Waals surface area contributed by atoms with Crippen LogP contribution >= 0.6 is 0 Å². The zero-order valence-corrected chi connectivity index (χ0v) is 17.8. The van der Waals surface area contributed by atoms with Gasteiger partial charge in [-0.15, -0.1) is 0 Å². The number of rotatable bonds is 8. The van der Waals surface area contributed by atoms with Crippen LogP contribution in [0.4, 0.5) is 0 Å². The molecule has 0 amide bonds. The molecule has 0 atom stereocenters. The fourth-order valence-corrected chi connectivity index (χ4v) is 5.44. The number of nitrogens with one attached hydrogen (secondary N) is 1. The summed E-state index contributed by atoms with van der Waals surface area (Å²) in [5.41, 5.74) is 3.86. The third-order valence-electron chi connectivity index (χ3n) is 6.04. The largest absolute Gasteiger partial charge is 0.301 e. The molecule has 0 bridgehead atoms. The second kappa shape index (κ2) is 9.39. The number of aryl methyl sites for hydroxylation is 2. The van der Waals surface area contributed by atoms with Gasteiger partial charge in [0.1, 0.15) is 0 Å². The fraction of sp³-hybridized carbons (Fsp3) is 0.478. The van der Waals surface area contributed by atoms with E-state index >= 15 is 0 Å². The molecule has 1 N–H and O–H groups in total. The third-order valence-corrected chi connectivity index (χ3v) is 7.50. The number of benzene rings is 2. The number of hydrogen-bond acceptors (Lipinski definition) is 4. The zero-order valence-electron chi connectivity index (χ0n) is 17.0. The molecule has 4 rings (SSSR count). The SMILES string of the molecule is O=S(=O)(NCCCN1CCN(Cc2ccccc2)CC1)c1ccc2c(c1)CCC2. The van der Waals surface area contributed by atoms with Crippen molar-refractivity contribution in [3.8, 4) is 0 Å². The Morgan fingerprint density at radius 1 is 0.862 bits per heavy atom. The Kier molecular flexibility index (Phi) is 6.65. The van der Waals surface area contributed by atoms with Crippen LogP contribution in [0.1, 0.15) is 29.5 Å². The third kappa shape index (κ3) is 5.45. The zero-order chi connectivity index (χ0) is 20.1. The molecule has 0 spiro atoms. The number of nitrogens with zero attached hydrogens (tertiary/aromatic N) is 2. The molecule has 1 saturated heterocycles. The Balaban J connectivity index is 1.17. The standard InChI is InChI=1S/C23H31N3O2S/c27-29(28,23-11-10-21-8-4-9-22(21)18-23)24-12-5-13-25-14-16-26(17-15-25)19-20-6-2-1-3-7-20/h1-3,6-7,10-11,18,24H,4-5,8-9,12-17,19H2. The lowest BCUT2D eigenvalue weighted by atomic mass is 10.1. The van der Waals surface area contributed by atoms with Gasteiger partial charge in [0, 0.05) is 39.3 Å². The first kappa shape index (κ1) is 20.5. The molecule has 2 aliphatic rings. The number of piperazine rings is 1. The number of fused-ring (bicyclic) bond motifs is 1. The van der Waals surface area contributed by atoms with E-state index < -0.39 is 10.0 Å². The molecule has 1 aliphatic heterocycles. The van der Waals surface area contributed by atoms with Gasteiger partial charge in [-0.25, -0.2) is 13.1 Å². The molecule has 1 fully saturated rings. The van der Waals surface area contributed by atoms with Gasteiger partial charge in [0.15, 0.2) is 0 Å². The molecule has 0 aromatic heterocycles. The Hall–Kier alpha value is -1.73. The van der Waals surface area contributed by atoms with E-state index in [0.29, 0.717) is 11.4 Å². The average Bonchev–Trinajstić information content (AvgIpc) is 3.21. The van der Waals surface area contributed by atoms with Crippen molar-refractivity contribution < 1.29 is 8.42 Å². The first-order valence-electron chi connectivity index (χ1n) is 10.7. The minimum absolute atomic E-state index is 0.410. The molecule has 5 nitrogen and oxygen atoms in total. The van der Waals surface area contributed by atoms with Crippen LogP contribution in [0.3, 0.4) is 0 Å². The van der Waals surface area contributed by atoms with Gasteiger partial charge in [-0.05, 0) is 61.1 Å². The average molecular weight is 414 g/mol. The van der Waals surface area contributed by atoms with Crippen molar-refractivity contribution in [3.63, 3.8) is 0 Å². The van der Waals surface area contributed by atoms with Crippen molar-refractivity contribution in [3.05, 3.63) is 65.2 Å². The smallest absolute Gasteiger partial charge is 0.240 e. The molecule has 2 aromatic rings. The van der Waals surface area contributed by atoms with Crippen LogP contribution in [0.25, 0.3) is 0 Å².